The predicted octanol–water partition coefficient (Wildman–Crippen LogP) is 5.55. The van der Waals surface area contributed by atoms with Crippen molar-refractivity contribution in [3.63, 3.8) is 0 Å². The Morgan fingerprint density at radius 2 is 1.76 bits per heavy atom. The van der Waals surface area contributed by atoms with Crippen molar-refractivity contribution in [2.24, 2.45) is 0 Å². The highest BCUT2D eigenvalue weighted by molar-refractivity contribution is 6.02. The first-order valence-electron chi connectivity index (χ1n) is 17.8. The molecule has 5 unspecified atom stereocenters. The molecule has 0 radical (unpaired) electrons. The average molecular weight is 776 g/mol. The number of phenolic OH excluding ortho intramolecular Hbond substituents is 1. The Bertz CT molecular complexity index is 1880. The van der Waals surface area contributed by atoms with E-state index in [2.05, 4.69) is 11.0 Å². The fraction of sp³-hybridized carbons (Fsp3) is 0.525. The van der Waals surface area contributed by atoms with E-state index in [4.69, 9.17) is 37.9 Å². The van der Waals surface area contributed by atoms with E-state index in [1.54, 1.807) is 12.1 Å². The van der Waals surface area contributed by atoms with Crippen molar-refractivity contribution in [2.45, 2.75) is 96.5 Å². The van der Waals surface area contributed by atoms with Crippen molar-refractivity contribution in [3.05, 3.63) is 63.5 Å². The number of nitrogens with zero attached hydrogens (tertiary/aromatic N) is 1. The first-order chi connectivity index (χ1) is 25.0. The summed E-state index contributed by atoms with van der Waals surface area (Å²) >= 11 is 0. The van der Waals surface area contributed by atoms with Crippen molar-refractivity contribution >= 4 is 29.5 Å². The molecule has 0 spiro atoms. The van der Waals surface area contributed by atoms with Gasteiger partial charge in [-0.1, -0.05) is 23.8 Å². The summed E-state index contributed by atoms with van der Waals surface area (Å²) in [6.45, 7) is 12.6. The number of ether oxygens (including phenoxy) is 6. The smallest absolute Gasteiger partial charge is 0.348 e. The van der Waals surface area contributed by atoms with Crippen LogP contribution in [0, 0.1) is 0 Å². The minimum Gasteiger partial charge on any atom is -0.508 e. The SMILES string of the molecule is CN(C)CCCOC1C(C(O)CO)OC2OC(C)(C)OC21.COc1c(CC=C(C)C)c2c(c3oc(=O)c(-c4ccc(O)cc4)c(O)c13)C=CC(C)(C)O2.Cl. The molecule has 2 fully saturated rings. The fourth-order valence-corrected chi connectivity index (χ4v) is 6.60. The number of fused-ring (bicyclic) bond motifs is 4. The molecule has 0 aliphatic carbocycles. The molecule has 14 heteroatoms. The van der Waals surface area contributed by atoms with Crippen LogP contribution in [0.3, 0.4) is 0 Å². The molecule has 2 saturated heterocycles. The van der Waals surface area contributed by atoms with Gasteiger partial charge in [0.25, 0.3) is 0 Å². The van der Waals surface area contributed by atoms with E-state index in [1.165, 1.54) is 19.2 Å². The number of hydrogen-bond acceptors (Lipinski definition) is 13. The lowest BCUT2D eigenvalue weighted by atomic mass is 9.93. The van der Waals surface area contributed by atoms with Gasteiger partial charge in [-0.3, -0.25) is 0 Å². The molecule has 1 aromatic heterocycles. The summed E-state index contributed by atoms with van der Waals surface area (Å²) < 4.78 is 40.8. The van der Waals surface area contributed by atoms with E-state index in [0.29, 0.717) is 41.0 Å². The van der Waals surface area contributed by atoms with Crippen LogP contribution in [0.15, 0.2) is 51.2 Å². The van der Waals surface area contributed by atoms with Crippen LogP contribution >= 0.6 is 12.4 Å². The van der Waals surface area contributed by atoms with Gasteiger partial charge in [-0.05, 0) is 105 Å². The molecular weight excluding hydrogens is 722 g/mol. The van der Waals surface area contributed by atoms with Gasteiger partial charge in [-0.25, -0.2) is 4.79 Å². The molecule has 298 valence electrons. The van der Waals surface area contributed by atoms with E-state index < -0.39 is 41.6 Å². The quantitative estimate of drug-likeness (QED) is 0.109. The summed E-state index contributed by atoms with van der Waals surface area (Å²) in [5, 5.41) is 40.2. The van der Waals surface area contributed by atoms with Gasteiger partial charge in [0.05, 0.1) is 19.3 Å². The maximum atomic E-state index is 12.9. The van der Waals surface area contributed by atoms with Gasteiger partial charge >= 0.3 is 5.63 Å². The van der Waals surface area contributed by atoms with E-state index in [0.717, 1.165) is 24.1 Å². The Kier molecular flexibility index (Phi) is 13.9. The molecule has 0 bridgehead atoms. The van der Waals surface area contributed by atoms with Gasteiger partial charge < -0.3 is 58.2 Å². The second-order valence-electron chi connectivity index (χ2n) is 15.0. The normalized spacial score (nSPS) is 22.4. The zero-order chi connectivity index (χ0) is 38.8. The van der Waals surface area contributed by atoms with Crippen molar-refractivity contribution in [2.75, 3.05) is 41.0 Å². The third-order valence-electron chi connectivity index (χ3n) is 9.11. The van der Waals surface area contributed by atoms with Crippen molar-refractivity contribution in [3.8, 4) is 34.1 Å². The zero-order valence-electron chi connectivity index (χ0n) is 32.4. The summed E-state index contributed by atoms with van der Waals surface area (Å²) in [6, 6.07) is 5.99. The molecule has 3 aliphatic heterocycles. The van der Waals surface area contributed by atoms with E-state index >= 15 is 0 Å². The molecule has 6 rings (SSSR count). The van der Waals surface area contributed by atoms with Crippen molar-refractivity contribution in [1.82, 2.24) is 4.90 Å². The number of aliphatic hydroxyl groups is 2. The molecule has 54 heavy (non-hydrogen) atoms. The van der Waals surface area contributed by atoms with Crippen LogP contribution in [0.2, 0.25) is 0 Å². The lowest BCUT2D eigenvalue weighted by Crippen LogP contribution is -2.44. The van der Waals surface area contributed by atoms with Crippen molar-refractivity contribution in [1.29, 1.82) is 0 Å². The minimum absolute atomic E-state index is 0. The molecule has 13 nitrogen and oxygen atoms in total. The number of methoxy groups -OCH3 is 1. The second kappa shape index (κ2) is 17.4. The summed E-state index contributed by atoms with van der Waals surface area (Å²) in [5.74, 6) is 0.0515. The van der Waals surface area contributed by atoms with Crippen LogP contribution < -0.4 is 15.1 Å². The number of allylic oxidation sites excluding steroid dienone is 2. The Hall–Kier alpha value is -3.66. The predicted molar refractivity (Wildman–Crippen MR) is 207 cm³/mol. The van der Waals surface area contributed by atoms with Gasteiger partial charge in [0.1, 0.15) is 64.0 Å². The Morgan fingerprint density at radius 1 is 1.07 bits per heavy atom. The lowest BCUT2D eigenvalue weighted by Gasteiger charge is -2.31. The molecular formula is C40H54ClNO12. The molecule has 3 aliphatic rings. The maximum Gasteiger partial charge on any atom is 0.348 e. The molecule has 3 aromatic rings. The standard InChI is InChI=1S/C26H26O6.C14H27NO6.ClH/c1-14(2)6-11-17-22-18(12-13-26(3,4)32-22)24-20(23(17)30-5)21(28)19(25(29)31-24)15-7-9-16(27)10-8-15;1-14(2)20-12-11(18-7-5-6-15(3)4)10(9(17)8-16)19-13(12)21-14;/h6-10,12-13,27-28H,11H2,1-5H3;9-13,16-17H,5-8H2,1-4H3;1H. The zero-order valence-corrected chi connectivity index (χ0v) is 33.2. The number of hydrogen-bond donors (Lipinski definition) is 4. The van der Waals surface area contributed by atoms with Crippen LogP contribution in [-0.4, -0.2) is 108 Å². The maximum absolute atomic E-state index is 12.9. The van der Waals surface area contributed by atoms with E-state index in [-0.39, 0.29) is 47.8 Å². The van der Waals surface area contributed by atoms with Crippen LogP contribution in [-0.2, 0) is 25.4 Å². The highest BCUT2D eigenvalue weighted by atomic mass is 35.5. The summed E-state index contributed by atoms with van der Waals surface area (Å²) in [4.78, 5) is 15.0. The number of phenols is 1. The van der Waals surface area contributed by atoms with Crippen LogP contribution in [0.4, 0.5) is 0 Å². The first kappa shape index (κ1) is 43.1. The van der Waals surface area contributed by atoms with Crippen molar-refractivity contribution < 1.29 is 53.3 Å². The highest BCUT2D eigenvalue weighted by Gasteiger charge is 2.57. The molecule has 4 heterocycles. The number of rotatable bonds is 11. The molecule has 4 N–H and O–H groups in total. The summed E-state index contributed by atoms with van der Waals surface area (Å²) in [5.41, 5.74) is 1.85. The number of aliphatic hydroxyl groups excluding tert-OH is 2. The third-order valence-corrected chi connectivity index (χ3v) is 9.11. The summed E-state index contributed by atoms with van der Waals surface area (Å²) in [7, 11) is 5.52. The largest absolute Gasteiger partial charge is 0.508 e. The van der Waals surface area contributed by atoms with E-state index in [1.807, 2.05) is 67.8 Å². The van der Waals surface area contributed by atoms with Crippen LogP contribution in [0.25, 0.3) is 28.2 Å². The topological polar surface area (TPSA) is 170 Å². The number of benzene rings is 2. The average Bonchev–Trinajstić information content (AvgIpc) is 3.57. The van der Waals surface area contributed by atoms with Crippen LogP contribution in [0.1, 0.15) is 59.1 Å². The van der Waals surface area contributed by atoms with Crippen LogP contribution in [0.5, 0.6) is 23.0 Å². The minimum atomic E-state index is -1.01. The summed E-state index contributed by atoms with van der Waals surface area (Å²) in [6.07, 6.45) is 4.14. The highest BCUT2D eigenvalue weighted by Crippen LogP contribution is 2.49. The Labute approximate surface area is 322 Å². The van der Waals surface area contributed by atoms with Gasteiger partial charge in [0, 0.05) is 12.2 Å². The molecule has 5 atom stereocenters. The van der Waals surface area contributed by atoms with Gasteiger partial charge in [0.15, 0.2) is 17.7 Å². The fourth-order valence-electron chi connectivity index (χ4n) is 6.60. The van der Waals surface area contributed by atoms with E-state index in [9.17, 15) is 20.1 Å². The van der Waals surface area contributed by atoms with Gasteiger partial charge in [-0.2, -0.15) is 0 Å². The van der Waals surface area contributed by atoms with Gasteiger partial charge in [0.2, 0.25) is 0 Å². The van der Waals surface area contributed by atoms with Gasteiger partial charge in [-0.15, -0.1) is 12.4 Å². The number of aromatic hydroxyl groups is 2. The first-order valence-corrected chi connectivity index (χ1v) is 17.8. The molecule has 0 saturated carbocycles. The molecule has 2 aromatic carbocycles. The lowest BCUT2D eigenvalue weighted by molar-refractivity contribution is -0.231. The second-order valence-corrected chi connectivity index (χ2v) is 15.0. The molecule has 0 amide bonds. The Balaban J connectivity index is 0.000000257. The monoisotopic (exact) mass is 775 g/mol. The third kappa shape index (κ3) is 9.40. The Morgan fingerprint density at radius 3 is 2.37 bits per heavy atom. The number of halogens is 1.